The predicted molar refractivity (Wildman–Crippen MR) is 97.5 cm³/mol. The number of carbonyl (C=O) groups excluding carboxylic acids is 1. The van der Waals surface area contributed by atoms with Gasteiger partial charge < -0.3 is 19.5 Å². The summed E-state index contributed by atoms with van der Waals surface area (Å²) in [7, 11) is 1.59. The molecular weight excluding hydrogens is 318 g/mol. The molecule has 1 atom stereocenters. The van der Waals surface area contributed by atoms with Crippen LogP contribution in [0.3, 0.4) is 0 Å². The molecule has 1 amide bonds. The van der Waals surface area contributed by atoms with Gasteiger partial charge in [0.1, 0.15) is 12.4 Å². The highest BCUT2D eigenvalue weighted by Crippen LogP contribution is 2.25. The molecule has 5 nitrogen and oxygen atoms in total. The third kappa shape index (κ3) is 5.41. The van der Waals surface area contributed by atoms with Crippen molar-refractivity contribution in [1.82, 2.24) is 5.32 Å². The minimum absolute atomic E-state index is 0.176. The van der Waals surface area contributed by atoms with Crippen LogP contribution in [-0.4, -0.2) is 32.3 Å². The average Bonchev–Trinajstić information content (AvgIpc) is 2.61. The number of para-hydroxylation sites is 2. The van der Waals surface area contributed by atoms with Gasteiger partial charge in [0.05, 0.1) is 13.7 Å². The van der Waals surface area contributed by atoms with E-state index in [2.05, 4.69) is 5.32 Å². The second kappa shape index (κ2) is 8.97. The van der Waals surface area contributed by atoms with E-state index in [1.165, 1.54) is 0 Å². The molecular formula is C20H25NO4. The van der Waals surface area contributed by atoms with Crippen LogP contribution in [0.1, 0.15) is 18.1 Å². The second-order valence-corrected chi connectivity index (χ2v) is 5.82. The van der Waals surface area contributed by atoms with Crippen molar-refractivity contribution in [3.05, 3.63) is 53.6 Å². The first-order valence-corrected chi connectivity index (χ1v) is 8.28. The van der Waals surface area contributed by atoms with Gasteiger partial charge in [-0.1, -0.05) is 24.3 Å². The summed E-state index contributed by atoms with van der Waals surface area (Å²) in [5.74, 6) is 1.87. The fourth-order valence-electron chi connectivity index (χ4n) is 2.30. The van der Waals surface area contributed by atoms with E-state index in [1.807, 2.05) is 56.3 Å². The van der Waals surface area contributed by atoms with E-state index in [9.17, 15) is 4.79 Å². The van der Waals surface area contributed by atoms with Crippen LogP contribution >= 0.6 is 0 Å². The quantitative estimate of drug-likeness (QED) is 0.748. The highest BCUT2D eigenvalue weighted by Gasteiger charge is 2.15. The van der Waals surface area contributed by atoms with Crippen LogP contribution in [0.2, 0.25) is 0 Å². The van der Waals surface area contributed by atoms with Gasteiger partial charge in [-0.15, -0.1) is 0 Å². The van der Waals surface area contributed by atoms with Crippen LogP contribution in [0.5, 0.6) is 17.2 Å². The Balaban J connectivity index is 1.79. The number of hydrogen-bond acceptors (Lipinski definition) is 4. The van der Waals surface area contributed by atoms with Crippen molar-refractivity contribution in [1.29, 1.82) is 0 Å². The molecule has 134 valence electrons. The highest BCUT2D eigenvalue weighted by atomic mass is 16.5. The monoisotopic (exact) mass is 343 g/mol. The molecule has 0 radical (unpaired) electrons. The number of carbonyl (C=O) groups is 1. The number of ether oxygens (including phenoxy) is 3. The zero-order valence-electron chi connectivity index (χ0n) is 15.2. The number of rotatable bonds is 8. The lowest BCUT2D eigenvalue weighted by atomic mass is 10.1. The van der Waals surface area contributed by atoms with Gasteiger partial charge in [0, 0.05) is 0 Å². The molecule has 0 aliphatic carbocycles. The molecule has 0 saturated carbocycles. The lowest BCUT2D eigenvalue weighted by Crippen LogP contribution is -2.38. The fourth-order valence-corrected chi connectivity index (χ4v) is 2.30. The van der Waals surface area contributed by atoms with Crippen LogP contribution in [0.15, 0.2) is 42.5 Å². The second-order valence-electron chi connectivity index (χ2n) is 5.82. The topological polar surface area (TPSA) is 56.8 Å². The smallest absolute Gasteiger partial charge is 0.260 e. The molecule has 0 aromatic heterocycles. The molecule has 0 aliphatic heterocycles. The Bertz CT molecular complexity index is 715. The molecule has 0 spiro atoms. The Morgan fingerprint density at radius 1 is 1.08 bits per heavy atom. The third-order valence-corrected chi connectivity index (χ3v) is 3.74. The first-order valence-electron chi connectivity index (χ1n) is 8.28. The number of amides is 1. The van der Waals surface area contributed by atoms with E-state index in [4.69, 9.17) is 14.2 Å². The normalized spacial score (nSPS) is 11.5. The van der Waals surface area contributed by atoms with Gasteiger partial charge in [-0.2, -0.15) is 0 Å². The van der Waals surface area contributed by atoms with E-state index in [0.29, 0.717) is 24.7 Å². The molecule has 0 saturated heterocycles. The first kappa shape index (κ1) is 18.6. The number of hydrogen-bond donors (Lipinski definition) is 1. The summed E-state index contributed by atoms with van der Waals surface area (Å²) in [5, 5.41) is 2.81. The zero-order chi connectivity index (χ0) is 18.2. The summed E-state index contributed by atoms with van der Waals surface area (Å²) in [6, 6.07) is 13.3. The van der Waals surface area contributed by atoms with Crippen molar-refractivity contribution in [3.63, 3.8) is 0 Å². The van der Waals surface area contributed by atoms with Crippen molar-refractivity contribution in [2.75, 3.05) is 20.3 Å². The third-order valence-electron chi connectivity index (χ3n) is 3.74. The van der Waals surface area contributed by atoms with Crippen molar-refractivity contribution in [2.45, 2.75) is 26.9 Å². The molecule has 0 fully saturated rings. The van der Waals surface area contributed by atoms with Crippen LogP contribution in [-0.2, 0) is 4.79 Å². The maximum absolute atomic E-state index is 12.2. The van der Waals surface area contributed by atoms with Gasteiger partial charge in [-0.25, -0.2) is 0 Å². The van der Waals surface area contributed by atoms with Crippen molar-refractivity contribution >= 4 is 5.91 Å². The molecule has 25 heavy (non-hydrogen) atoms. The van der Waals surface area contributed by atoms with E-state index >= 15 is 0 Å². The first-order chi connectivity index (χ1) is 12.0. The van der Waals surface area contributed by atoms with Crippen molar-refractivity contribution < 1.29 is 19.0 Å². The molecule has 2 aromatic rings. The summed E-state index contributed by atoms with van der Waals surface area (Å²) in [4.78, 5) is 12.2. The molecule has 0 bridgehead atoms. The molecule has 1 unspecified atom stereocenters. The summed E-state index contributed by atoms with van der Waals surface area (Å²) in [5.41, 5.74) is 2.10. The van der Waals surface area contributed by atoms with Gasteiger partial charge >= 0.3 is 0 Å². The zero-order valence-corrected chi connectivity index (χ0v) is 15.2. The van der Waals surface area contributed by atoms with Crippen molar-refractivity contribution in [3.8, 4) is 17.2 Å². The molecule has 2 aromatic carbocycles. The molecule has 2 rings (SSSR count). The van der Waals surface area contributed by atoms with Crippen molar-refractivity contribution in [2.24, 2.45) is 0 Å². The summed E-state index contributed by atoms with van der Waals surface area (Å²) >= 11 is 0. The van der Waals surface area contributed by atoms with Gasteiger partial charge in [0.15, 0.2) is 17.6 Å². The number of aryl methyl sites for hydroxylation is 2. The molecule has 0 heterocycles. The van der Waals surface area contributed by atoms with E-state index in [0.717, 1.165) is 16.9 Å². The maximum atomic E-state index is 12.2. The van der Waals surface area contributed by atoms with Crippen LogP contribution in [0.25, 0.3) is 0 Å². The van der Waals surface area contributed by atoms with Gasteiger partial charge in [-0.05, 0) is 50.1 Å². The number of benzene rings is 2. The predicted octanol–water partition coefficient (Wildman–Crippen LogP) is 3.27. The van der Waals surface area contributed by atoms with E-state index < -0.39 is 6.10 Å². The number of nitrogens with one attached hydrogen (secondary N) is 1. The summed E-state index contributed by atoms with van der Waals surface area (Å²) in [6.45, 7) is 6.42. The summed E-state index contributed by atoms with van der Waals surface area (Å²) < 4.78 is 16.6. The number of methoxy groups -OCH3 is 1. The van der Waals surface area contributed by atoms with Crippen LogP contribution in [0, 0.1) is 13.8 Å². The largest absolute Gasteiger partial charge is 0.493 e. The minimum Gasteiger partial charge on any atom is -0.493 e. The Morgan fingerprint density at radius 3 is 2.52 bits per heavy atom. The van der Waals surface area contributed by atoms with Crippen LogP contribution < -0.4 is 19.5 Å². The fraction of sp³-hybridized carbons (Fsp3) is 0.350. The minimum atomic E-state index is -0.577. The standard InChI is InChI=1S/C20H25NO4/c1-14-9-10-15(2)19(13-14)25-16(3)20(22)21-11-12-24-18-8-6-5-7-17(18)23-4/h5-10,13,16H,11-12H2,1-4H3,(H,21,22). The van der Waals surface area contributed by atoms with Crippen LogP contribution in [0.4, 0.5) is 0 Å². The van der Waals surface area contributed by atoms with Gasteiger partial charge in [0.2, 0.25) is 0 Å². The lowest BCUT2D eigenvalue weighted by Gasteiger charge is -2.17. The van der Waals surface area contributed by atoms with E-state index in [1.54, 1.807) is 14.0 Å². The molecule has 1 N–H and O–H groups in total. The Kier molecular flexibility index (Phi) is 6.69. The van der Waals surface area contributed by atoms with Gasteiger partial charge in [0.25, 0.3) is 5.91 Å². The average molecular weight is 343 g/mol. The summed E-state index contributed by atoms with van der Waals surface area (Å²) in [6.07, 6.45) is -0.577. The molecule has 0 aliphatic rings. The van der Waals surface area contributed by atoms with Gasteiger partial charge in [-0.3, -0.25) is 4.79 Å². The maximum Gasteiger partial charge on any atom is 0.260 e. The Morgan fingerprint density at radius 2 is 1.80 bits per heavy atom. The Labute approximate surface area is 148 Å². The molecule has 5 heteroatoms. The Hall–Kier alpha value is -2.69. The van der Waals surface area contributed by atoms with E-state index in [-0.39, 0.29) is 5.91 Å². The highest BCUT2D eigenvalue weighted by molar-refractivity contribution is 5.80. The lowest BCUT2D eigenvalue weighted by molar-refractivity contribution is -0.127. The SMILES string of the molecule is COc1ccccc1OCCNC(=O)C(C)Oc1cc(C)ccc1C.